The minimum Gasteiger partial charge on any atom is -0.376 e. The minimum absolute atomic E-state index is 0.325. The van der Waals surface area contributed by atoms with Gasteiger partial charge in [-0.1, -0.05) is 6.92 Å². The molecular weight excluding hydrogens is 228 g/mol. The summed E-state index contributed by atoms with van der Waals surface area (Å²) >= 11 is 0. The van der Waals surface area contributed by atoms with Crippen LogP contribution in [0, 0.1) is 0 Å². The molecule has 100 valence electrons. The van der Waals surface area contributed by atoms with Crippen molar-refractivity contribution in [3.63, 3.8) is 0 Å². The number of rotatable bonds is 6. The number of hydrogen-bond donors (Lipinski definition) is 2. The van der Waals surface area contributed by atoms with E-state index in [2.05, 4.69) is 34.4 Å². The van der Waals surface area contributed by atoms with Gasteiger partial charge in [-0.2, -0.15) is 4.98 Å². The fourth-order valence-electron chi connectivity index (χ4n) is 1.87. The lowest BCUT2D eigenvalue weighted by Gasteiger charge is -2.14. The lowest BCUT2D eigenvalue weighted by atomic mass is 10.2. The summed E-state index contributed by atoms with van der Waals surface area (Å²) < 4.78 is 5.57. The van der Waals surface area contributed by atoms with E-state index in [1.165, 1.54) is 0 Å². The highest BCUT2D eigenvalue weighted by Gasteiger charge is 2.15. The summed E-state index contributed by atoms with van der Waals surface area (Å²) in [5.41, 5.74) is 0. The van der Waals surface area contributed by atoms with E-state index < -0.39 is 0 Å². The fraction of sp³-hybridized carbons (Fsp3) is 0.692. The van der Waals surface area contributed by atoms with E-state index in [9.17, 15) is 0 Å². The average molecular weight is 250 g/mol. The first-order valence-electron chi connectivity index (χ1n) is 6.73. The van der Waals surface area contributed by atoms with Crippen LogP contribution in [-0.2, 0) is 4.74 Å². The Hall–Kier alpha value is -1.36. The second-order valence-electron chi connectivity index (χ2n) is 4.74. The SMILES string of the molecule is CCC(C)Nc1nccc(NCC2CCCO2)n1. The Morgan fingerprint density at radius 3 is 3.17 bits per heavy atom. The lowest BCUT2D eigenvalue weighted by molar-refractivity contribution is 0.120. The molecule has 1 aliphatic rings. The zero-order chi connectivity index (χ0) is 12.8. The zero-order valence-corrected chi connectivity index (χ0v) is 11.1. The third-order valence-electron chi connectivity index (χ3n) is 3.18. The van der Waals surface area contributed by atoms with Crippen LogP contribution in [0.4, 0.5) is 11.8 Å². The molecule has 18 heavy (non-hydrogen) atoms. The van der Waals surface area contributed by atoms with Gasteiger partial charge in [-0.15, -0.1) is 0 Å². The van der Waals surface area contributed by atoms with Gasteiger partial charge < -0.3 is 15.4 Å². The van der Waals surface area contributed by atoms with Crippen LogP contribution in [0.5, 0.6) is 0 Å². The third kappa shape index (κ3) is 3.84. The van der Waals surface area contributed by atoms with Crippen LogP contribution in [0.3, 0.4) is 0 Å². The van der Waals surface area contributed by atoms with Crippen molar-refractivity contribution in [2.45, 2.75) is 45.3 Å². The number of aromatic nitrogens is 2. The van der Waals surface area contributed by atoms with Gasteiger partial charge in [0.25, 0.3) is 0 Å². The molecule has 2 heterocycles. The first kappa shape index (κ1) is 13.1. The van der Waals surface area contributed by atoms with E-state index in [1.54, 1.807) is 6.20 Å². The van der Waals surface area contributed by atoms with E-state index >= 15 is 0 Å². The van der Waals surface area contributed by atoms with E-state index in [0.29, 0.717) is 18.1 Å². The molecule has 2 N–H and O–H groups in total. The summed E-state index contributed by atoms with van der Waals surface area (Å²) in [6, 6.07) is 2.27. The Morgan fingerprint density at radius 1 is 1.56 bits per heavy atom. The number of nitrogens with one attached hydrogen (secondary N) is 2. The van der Waals surface area contributed by atoms with Gasteiger partial charge in [-0.3, -0.25) is 0 Å². The number of ether oxygens (including phenoxy) is 1. The van der Waals surface area contributed by atoms with Crippen molar-refractivity contribution in [3.8, 4) is 0 Å². The van der Waals surface area contributed by atoms with E-state index in [4.69, 9.17) is 4.74 Å². The molecule has 5 nitrogen and oxygen atoms in total. The third-order valence-corrected chi connectivity index (χ3v) is 3.18. The molecule has 2 rings (SSSR count). The lowest BCUT2D eigenvalue weighted by Crippen LogP contribution is -2.20. The van der Waals surface area contributed by atoms with Crippen LogP contribution in [0.1, 0.15) is 33.1 Å². The average Bonchev–Trinajstić information content (AvgIpc) is 2.90. The Kier molecular flexibility index (Phi) is 4.75. The molecule has 1 aromatic rings. The minimum atomic E-state index is 0.325. The van der Waals surface area contributed by atoms with Crippen molar-refractivity contribution >= 4 is 11.8 Å². The summed E-state index contributed by atoms with van der Waals surface area (Å²) in [4.78, 5) is 8.65. The first-order chi connectivity index (χ1) is 8.78. The smallest absolute Gasteiger partial charge is 0.224 e. The maximum absolute atomic E-state index is 5.57. The molecule has 1 aliphatic heterocycles. The van der Waals surface area contributed by atoms with Crippen molar-refractivity contribution in [2.75, 3.05) is 23.8 Å². The monoisotopic (exact) mass is 250 g/mol. The molecule has 2 unspecified atom stereocenters. The van der Waals surface area contributed by atoms with Crippen molar-refractivity contribution < 1.29 is 4.74 Å². The van der Waals surface area contributed by atoms with Crippen LogP contribution in [-0.4, -0.2) is 35.3 Å². The van der Waals surface area contributed by atoms with Crippen LogP contribution >= 0.6 is 0 Å². The predicted molar refractivity (Wildman–Crippen MR) is 72.9 cm³/mol. The van der Waals surface area contributed by atoms with Gasteiger partial charge in [0.1, 0.15) is 5.82 Å². The van der Waals surface area contributed by atoms with Crippen LogP contribution in [0.25, 0.3) is 0 Å². The van der Waals surface area contributed by atoms with Crippen molar-refractivity contribution in [1.82, 2.24) is 9.97 Å². The highest BCUT2D eigenvalue weighted by Crippen LogP contribution is 2.13. The van der Waals surface area contributed by atoms with Crippen molar-refractivity contribution in [1.29, 1.82) is 0 Å². The summed E-state index contributed by atoms with van der Waals surface area (Å²) in [5.74, 6) is 1.54. The molecule has 1 aromatic heterocycles. The molecule has 0 radical (unpaired) electrons. The van der Waals surface area contributed by atoms with Gasteiger partial charge in [0, 0.05) is 25.4 Å². The molecule has 0 aliphatic carbocycles. The molecule has 0 bridgehead atoms. The second-order valence-corrected chi connectivity index (χ2v) is 4.74. The van der Waals surface area contributed by atoms with Gasteiger partial charge in [0.2, 0.25) is 5.95 Å². The van der Waals surface area contributed by atoms with Gasteiger partial charge in [0.15, 0.2) is 0 Å². The molecule has 1 fully saturated rings. The quantitative estimate of drug-likeness (QED) is 0.811. The van der Waals surface area contributed by atoms with Crippen LogP contribution in [0.15, 0.2) is 12.3 Å². The number of nitrogens with zero attached hydrogens (tertiary/aromatic N) is 2. The van der Waals surface area contributed by atoms with E-state index in [1.807, 2.05) is 6.07 Å². The van der Waals surface area contributed by atoms with Gasteiger partial charge in [-0.25, -0.2) is 4.98 Å². The Balaban J connectivity index is 1.86. The predicted octanol–water partition coefficient (Wildman–Crippen LogP) is 2.28. The maximum Gasteiger partial charge on any atom is 0.224 e. The number of hydrogen-bond acceptors (Lipinski definition) is 5. The Bertz CT molecular complexity index is 366. The molecular formula is C13H22N4O. The molecule has 1 saturated heterocycles. The van der Waals surface area contributed by atoms with Gasteiger partial charge >= 0.3 is 0 Å². The summed E-state index contributed by atoms with van der Waals surface area (Å²) in [6.45, 7) is 5.96. The topological polar surface area (TPSA) is 59.1 Å². The summed E-state index contributed by atoms with van der Waals surface area (Å²) in [7, 11) is 0. The number of anilines is 2. The summed E-state index contributed by atoms with van der Waals surface area (Å²) in [6.07, 6.45) is 5.45. The Morgan fingerprint density at radius 2 is 2.44 bits per heavy atom. The van der Waals surface area contributed by atoms with Crippen molar-refractivity contribution in [2.24, 2.45) is 0 Å². The van der Waals surface area contributed by atoms with Gasteiger partial charge in [0.05, 0.1) is 6.10 Å². The largest absolute Gasteiger partial charge is 0.376 e. The van der Waals surface area contributed by atoms with E-state index in [0.717, 1.165) is 38.2 Å². The fourth-order valence-corrected chi connectivity index (χ4v) is 1.87. The molecule has 0 aromatic carbocycles. The van der Waals surface area contributed by atoms with E-state index in [-0.39, 0.29) is 0 Å². The highest BCUT2D eigenvalue weighted by molar-refractivity contribution is 5.39. The molecule has 0 spiro atoms. The zero-order valence-electron chi connectivity index (χ0n) is 11.1. The first-order valence-corrected chi connectivity index (χ1v) is 6.73. The van der Waals surface area contributed by atoms with Crippen LogP contribution < -0.4 is 10.6 Å². The molecule has 5 heteroatoms. The molecule has 0 saturated carbocycles. The van der Waals surface area contributed by atoms with Crippen molar-refractivity contribution in [3.05, 3.63) is 12.3 Å². The highest BCUT2D eigenvalue weighted by atomic mass is 16.5. The maximum atomic E-state index is 5.57. The summed E-state index contributed by atoms with van der Waals surface area (Å²) in [5, 5.41) is 6.57. The standard InChI is InChI=1S/C13H22N4O/c1-3-10(2)16-13-14-7-6-12(17-13)15-9-11-5-4-8-18-11/h6-7,10-11H,3-5,8-9H2,1-2H3,(H2,14,15,16,17). The van der Waals surface area contributed by atoms with Gasteiger partial charge in [-0.05, 0) is 32.3 Å². The second kappa shape index (κ2) is 6.54. The Labute approximate surface area is 108 Å². The molecule has 0 amide bonds. The molecule has 2 atom stereocenters. The van der Waals surface area contributed by atoms with Crippen LogP contribution in [0.2, 0.25) is 0 Å². The normalized spacial score (nSPS) is 20.7.